The van der Waals surface area contributed by atoms with Gasteiger partial charge in [0, 0.05) is 12.3 Å². The second-order valence-corrected chi connectivity index (χ2v) is 4.25. The molecule has 1 aromatic heterocycles. The van der Waals surface area contributed by atoms with E-state index in [9.17, 15) is 13.2 Å². The third-order valence-electron chi connectivity index (χ3n) is 2.39. The minimum atomic E-state index is -4.88. The third-order valence-corrected chi connectivity index (χ3v) is 2.61. The Hall–Kier alpha value is -2.54. The van der Waals surface area contributed by atoms with E-state index < -0.39 is 12.1 Å². The van der Waals surface area contributed by atoms with Gasteiger partial charge in [-0.2, -0.15) is 0 Å². The average molecular weight is 331 g/mol. The van der Waals surface area contributed by atoms with Crippen molar-refractivity contribution in [2.45, 2.75) is 13.0 Å². The largest absolute Gasteiger partial charge is 0.573 e. The Morgan fingerprint density at radius 2 is 2.00 bits per heavy atom. The Morgan fingerprint density at radius 3 is 2.59 bits per heavy atom. The molecular formula is C12H8F3N3O3S. The summed E-state index contributed by atoms with van der Waals surface area (Å²) in [5.74, 6) is -0.486. The van der Waals surface area contributed by atoms with Gasteiger partial charge in [-0.05, 0) is 24.9 Å². The van der Waals surface area contributed by atoms with Crippen molar-refractivity contribution >= 4 is 12.8 Å². The molecule has 10 heteroatoms. The first-order valence-corrected chi connectivity index (χ1v) is 6.10. The zero-order valence-electron chi connectivity index (χ0n) is 10.7. The van der Waals surface area contributed by atoms with Gasteiger partial charge < -0.3 is 14.2 Å². The molecule has 2 aromatic rings. The Kier molecular flexibility index (Phi) is 4.67. The van der Waals surface area contributed by atoms with Crippen LogP contribution in [-0.2, 0) is 6.61 Å². The van der Waals surface area contributed by atoms with Gasteiger partial charge in [-0.15, -0.1) is 23.5 Å². The number of benzene rings is 1. The van der Waals surface area contributed by atoms with E-state index in [1.807, 2.05) is 0 Å². The van der Waals surface area contributed by atoms with Crippen molar-refractivity contribution in [3.8, 4) is 23.6 Å². The highest BCUT2D eigenvalue weighted by Crippen LogP contribution is 2.33. The van der Waals surface area contributed by atoms with Crippen LogP contribution in [0.4, 0.5) is 13.2 Å². The van der Waals surface area contributed by atoms with Crippen LogP contribution in [0.5, 0.6) is 17.4 Å². The van der Waals surface area contributed by atoms with Crippen LogP contribution in [0.15, 0.2) is 30.5 Å². The van der Waals surface area contributed by atoms with E-state index in [0.717, 1.165) is 6.07 Å². The van der Waals surface area contributed by atoms with E-state index in [1.165, 1.54) is 34.7 Å². The summed E-state index contributed by atoms with van der Waals surface area (Å²) in [6.07, 6.45) is -2.01. The molecule has 1 aromatic carbocycles. The van der Waals surface area contributed by atoms with Crippen LogP contribution in [0.25, 0.3) is 0 Å². The monoisotopic (exact) mass is 331 g/mol. The van der Waals surface area contributed by atoms with Crippen molar-refractivity contribution in [1.29, 1.82) is 5.26 Å². The van der Waals surface area contributed by atoms with E-state index in [4.69, 9.17) is 10.00 Å². The predicted molar refractivity (Wildman–Crippen MR) is 70.3 cm³/mol. The van der Waals surface area contributed by atoms with Gasteiger partial charge >= 0.3 is 6.36 Å². The molecule has 0 amide bonds. The summed E-state index contributed by atoms with van der Waals surface area (Å²) in [4.78, 5) is 0. The van der Waals surface area contributed by atoms with Crippen molar-refractivity contribution < 1.29 is 27.4 Å². The molecule has 22 heavy (non-hydrogen) atoms. The number of nitriles is 1. The molecule has 2 rings (SSSR count). The molecule has 0 radical (unpaired) electrons. The van der Waals surface area contributed by atoms with Gasteiger partial charge in [0.2, 0.25) is 5.88 Å². The SMILES string of the molecule is N#COc1cccc(OC(F)(F)F)c1COc1ccn(S)n1. The highest BCUT2D eigenvalue weighted by atomic mass is 32.1. The van der Waals surface area contributed by atoms with E-state index in [0.29, 0.717) is 0 Å². The fraction of sp³-hybridized carbons (Fsp3) is 0.167. The highest BCUT2D eigenvalue weighted by molar-refractivity contribution is 7.78. The number of hydrogen-bond donors (Lipinski definition) is 1. The van der Waals surface area contributed by atoms with E-state index in [-0.39, 0.29) is 23.8 Å². The second-order valence-electron chi connectivity index (χ2n) is 3.84. The minimum absolute atomic E-state index is 0.0740. The van der Waals surface area contributed by atoms with Gasteiger partial charge in [0.1, 0.15) is 12.4 Å². The number of aromatic nitrogens is 2. The molecule has 0 bridgehead atoms. The molecule has 0 atom stereocenters. The molecule has 0 N–H and O–H groups in total. The molecule has 0 saturated carbocycles. The summed E-state index contributed by atoms with van der Waals surface area (Å²) in [6.45, 7) is -0.339. The predicted octanol–water partition coefficient (Wildman–Crippen LogP) is 2.91. The standard InChI is InChI=1S/C12H8F3N3O3S/c13-12(14,15)21-10-3-1-2-9(20-7-16)8(10)6-19-11-4-5-18(22)17-11/h1-5,22H,6H2. The Balaban J connectivity index is 2.26. The normalized spacial score (nSPS) is 10.9. The first kappa shape index (κ1) is 15.8. The van der Waals surface area contributed by atoms with Crippen LogP contribution in [-0.4, -0.2) is 15.5 Å². The summed E-state index contributed by atoms with van der Waals surface area (Å²) in [7, 11) is 0. The van der Waals surface area contributed by atoms with Crippen LogP contribution in [0.2, 0.25) is 0 Å². The Labute approximate surface area is 128 Å². The fourth-order valence-corrected chi connectivity index (χ4v) is 1.73. The molecule has 0 aliphatic carbocycles. The second kappa shape index (κ2) is 6.48. The highest BCUT2D eigenvalue weighted by Gasteiger charge is 2.33. The number of hydrogen-bond acceptors (Lipinski definition) is 6. The van der Waals surface area contributed by atoms with Crippen molar-refractivity contribution in [3.05, 3.63) is 36.0 Å². The van der Waals surface area contributed by atoms with E-state index in [1.54, 1.807) is 0 Å². The molecule has 1 heterocycles. The first-order chi connectivity index (χ1) is 10.4. The Bertz CT molecular complexity index is 697. The van der Waals surface area contributed by atoms with Gasteiger partial charge in [-0.3, -0.25) is 0 Å². The molecule has 0 unspecified atom stereocenters. The summed E-state index contributed by atoms with van der Waals surface area (Å²) < 4.78 is 52.2. The summed E-state index contributed by atoms with van der Waals surface area (Å²) in [5.41, 5.74) is -0.0740. The molecule has 0 fully saturated rings. The van der Waals surface area contributed by atoms with Gasteiger partial charge in [0.25, 0.3) is 6.26 Å². The topological polar surface area (TPSA) is 69.3 Å². The third kappa shape index (κ3) is 4.23. The summed E-state index contributed by atoms with van der Waals surface area (Å²) >= 11 is 3.90. The summed E-state index contributed by atoms with van der Waals surface area (Å²) in [6, 6.07) is 5.14. The quantitative estimate of drug-likeness (QED) is 0.674. The van der Waals surface area contributed by atoms with Gasteiger partial charge in [0.15, 0.2) is 5.75 Å². The number of alkyl halides is 3. The lowest BCUT2D eigenvalue weighted by atomic mass is 10.2. The fourth-order valence-electron chi connectivity index (χ4n) is 1.57. The number of halogens is 3. The number of nitrogens with zero attached hydrogens (tertiary/aromatic N) is 3. The Morgan fingerprint density at radius 1 is 1.27 bits per heavy atom. The van der Waals surface area contributed by atoms with Crippen molar-refractivity contribution in [2.75, 3.05) is 0 Å². The van der Waals surface area contributed by atoms with E-state index >= 15 is 0 Å². The average Bonchev–Trinajstić information content (AvgIpc) is 2.82. The lowest BCUT2D eigenvalue weighted by molar-refractivity contribution is -0.275. The van der Waals surface area contributed by atoms with Crippen molar-refractivity contribution in [1.82, 2.24) is 9.19 Å². The smallest absolute Gasteiger partial charge is 0.471 e. The number of ether oxygens (including phenoxy) is 3. The van der Waals surface area contributed by atoms with Crippen LogP contribution in [0, 0.1) is 11.5 Å². The molecule has 6 nitrogen and oxygen atoms in total. The number of thiol groups is 1. The maximum Gasteiger partial charge on any atom is 0.573 e. The van der Waals surface area contributed by atoms with Crippen molar-refractivity contribution in [2.24, 2.45) is 0 Å². The van der Waals surface area contributed by atoms with Crippen LogP contribution in [0.3, 0.4) is 0 Å². The summed E-state index contributed by atoms with van der Waals surface area (Å²) in [5, 5.41) is 12.3. The minimum Gasteiger partial charge on any atom is -0.471 e. The maximum absolute atomic E-state index is 12.4. The first-order valence-electron chi connectivity index (χ1n) is 5.70. The van der Waals surface area contributed by atoms with Crippen molar-refractivity contribution in [3.63, 3.8) is 0 Å². The maximum atomic E-state index is 12.4. The van der Waals surface area contributed by atoms with E-state index in [2.05, 4.69) is 27.4 Å². The number of rotatable bonds is 5. The zero-order chi connectivity index (χ0) is 16.2. The molecule has 0 saturated heterocycles. The van der Waals surface area contributed by atoms with Crippen LogP contribution < -0.4 is 14.2 Å². The van der Waals surface area contributed by atoms with Crippen LogP contribution in [0.1, 0.15) is 5.56 Å². The van der Waals surface area contributed by atoms with Gasteiger partial charge in [0.05, 0.1) is 5.56 Å². The van der Waals surface area contributed by atoms with Gasteiger partial charge in [-0.25, -0.2) is 4.09 Å². The van der Waals surface area contributed by atoms with Gasteiger partial charge in [-0.1, -0.05) is 6.07 Å². The van der Waals surface area contributed by atoms with Crippen LogP contribution >= 0.6 is 12.8 Å². The molecular weight excluding hydrogens is 323 g/mol. The lowest BCUT2D eigenvalue weighted by Gasteiger charge is -2.15. The molecule has 0 aliphatic heterocycles. The molecule has 116 valence electrons. The zero-order valence-corrected chi connectivity index (χ0v) is 11.6. The molecule has 0 spiro atoms. The lowest BCUT2D eigenvalue weighted by Crippen LogP contribution is -2.18. The molecule has 0 aliphatic rings.